The van der Waals surface area contributed by atoms with Crippen molar-refractivity contribution in [3.63, 3.8) is 0 Å². The number of benzene rings is 1. The van der Waals surface area contributed by atoms with Crippen molar-refractivity contribution in [2.45, 2.75) is 0 Å². The molecular weight excluding hydrogens is 434 g/mol. The zero-order chi connectivity index (χ0) is 18.4. The van der Waals surface area contributed by atoms with Crippen LogP contribution in [0.3, 0.4) is 0 Å². The van der Waals surface area contributed by atoms with E-state index in [4.69, 9.17) is 14.6 Å². The van der Waals surface area contributed by atoms with Gasteiger partial charge in [0.15, 0.2) is 0 Å². The summed E-state index contributed by atoms with van der Waals surface area (Å²) in [5.74, 6) is 0.767. The predicted octanol–water partition coefficient (Wildman–Crippen LogP) is 4.48. The van der Waals surface area contributed by atoms with Gasteiger partial charge in [-0.1, -0.05) is 22.0 Å². The molecule has 0 spiro atoms. The average Bonchev–Trinajstić information content (AvgIpc) is 3.30. The standard InChI is InChI=1S/C18H18BrN3O2S2/c1-23-8-7-20-18-22(15(12-26-18)17-4-3-9-25-17)21-11-13-10-14(19)5-6-16(13)24-2/h3-6,9-12H,7-8H2,1-2H3/b20-18?,21-11+. The SMILES string of the molecule is COCCN=c1scc(-c2cccs2)n1/N=C/c1cc(Br)ccc1OC. The molecule has 5 nitrogen and oxygen atoms in total. The summed E-state index contributed by atoms with van der Waals surface area (Å²) in [5.41, 5.74) is 1.91. The number of hydrogen-bond acceptors (Lipinski definition) is 6. The van der Waals surface area contributed by atoms with Gasteiger partial charge in [-0.05, 0) is 29.6 Å². The first kappa shape index (κ1) is 19.0. The van der Waals surface area contributed by atoms with Crippen molar-refractivity contribution >= 4 is 44.8 Å². The topological polar surface area (TPSA) is 48.1 Å². The van der Waals surface area contributed by atoms with E-state index in [2.05, 4.69) is 37.7 Å². The third-order valence-corrected chi connectivity index (χ3v) is 5.75. The van der Waals surface area contributed by atoms with E-state index in [0.717, 1.165) is 31.2 Å². The molecule has 1 aromatic carbocycles. The van der Waals surface area contributed by atoms with Crippen molar-refractivity contribution in [2.75, 3.05) is 27.4 Å². The summed E-state index contributed by atoms with van der Waals surface area (Å²) in [4.78, 5) is 6.58. The summed E-state index contributed by atoms with van der Waals surface area (Å²) >= 11 is 6.74. The smallest absolute Gasteiger partial charge is 0.206 e. The first-order valence-electron chi connectivity index (χ1n) is 7.84. The van der Waals surface area contributed by atoms with E-state index in [1.807, 2.05) is 28.9 Å². The van der Waals surface area contributed by atoms with Crippen LogP contribution in [0.5, 0.6) is 5.75 Å². The van der Waals surface area contributed by atoms with E-state index >= 15 is 0 Å². The molecule has 0 amide bonds. The second-order valence-corrected chi connectivity index (χ2v) is 7.90. The fourth-order valence-corrected chi connectivity index (χ4v) is 4.31. The number of rotatable bonds is 7. The molecule has 0 atom stereocenters. The van der Waals surface area contributed by atoms with Gasteiger partial charge in [0.05, 0.1) is 37.0 Å². The lowest BCUT2D eigenvalue weighted by molar-refractivity contribution is 0.207. The molecule has 136 valence electrons. The number of methoxy groups -OCH3 is 2. The Balaban J connectivity index is 2.04. The third-order valence-electron chi connectivity index (χ3n) is 3.51. The minimum Gasteiger partial charge on any atom is -0.496 e. The highest BCUT2D eigenvalue weighted by molar-refractivity contribution is 9.10. The monoisotopic (exact) mass is 451 g/mol. The molecule has 0 unspecified atom stereocenters. The van der Waals surface area contributed by atoms with Gasteiger partial charge in [-0.3, -0.25) is 4.99 Å². The van der Waals surface area contributed by atoms with Crippen LogP contribution in [0.25, 0.3) is 10.6 Å². The van der Waals surface area contributed by atoms with Crippen molar-refractivity contribution in [3.05, 3.63) is 55.9 Å². The van der Waals surface area contributed by atoms with E-state index in [0.29, 0.717) is 13.2 Å². The number of hydrogen-bond donors (Lipinski definition) is 0. The zero-order valence-electron chi connectivity index (χ0n) is 14.4. The van der Waals surface area contributed by atoms with Crippen LogP contribution in [-0.4, -0.2) is 38.3 Å². The Morgan fingerprint density at radius 1 is 1.23 bits per heavy atom. The molecule has 3 rings (SSSR count). The lowest BCUT2D eigenvalue weighted by atomic mass is 10.2. The quantitative estimate of drug-likeness (QED) is 0.392. The zero-order valence-corrected chi connectivity index (χ0v) is 17.6. The van der Waals surface area contributed by atoms with Crippen LogP contribution in [0.2, 0.25) is 0 Å². The van der Waals surface area contributed by atoms with Gasteiger partial charge in [-0.25, -0.2) is 4.68 Å². The highest BCUT2D eigenvalue weighted by Crippen LogP contribution is 2.26. The van der Waals surface area contributed by atoms with Crippen LogP contribution in [0.4, 0.5) is 0 Å². The van der Waals surface area contributed by atoms with Crippen LogP contribution >= 0.6 is 38.6 Å². The maximum absolute atomic E-state index is 5.43. The van der Waals surface area contributed by atoms with Crippen molar-refractivity contribution in [3.8, 4) is 16.3 Å². The maximum Gasteiger partial charge on any atom is 0.206 e. The van der Waals surface area contributed by atoms with Crippen LogP contribution in [0.15, 0.2) is 55.7 Å². The molecule has 0 N–H and O–H groups in total. The summed E-state index contributed by atoms with van der Waals surface area (Å²) < 4.78 is 13.4. The number of ether oxygens (including phenoxy) is 2. The lowest BCUT2D eigenvalue weighted by Gasteiger charge is -2.05. The molecule has 0 bridgehead atoms. The number of halogens is 1. The molecule has 0 radical (unpaired) electrons. The first-order valence-corrected chi connectivity index (χ1v) is 10.4. The summed E-state index contributed by atoms with van der Waals surface area (Å²) in [6.07, 6.45) is 1.79. The van der Waals surface area contributed by atoms with E-state index in [-0.39, 0.29) is 0 Å². The van der Waals surface area contributed by atoms with Crippen molar-refractivity contribution in [1.82, 2.24) is 4.68 Å². The van der Waals surface area contributed by atoms with Crippen LogP contribution in [-0.2, 0) is 4.74 Å². The maximum atomic E-state index is 5.43. The highest BCUT2D eigenvalue weighted by atomic mass is 79.9. The van der Waals surface area contributed by atoms with Crippen LogP contribution in [0, 0.1) is 0 Å². The first-order chi connectivity index (χ1) is 12.7. The van der Waals surface area contributed by atoms with Gasteiger partial charge in [0, 0.05) is 22.5 Å². The van der Waals surface area contributed by atoms with Gasteiger partial charge >= 0.3 is 0 Å². The second kappa shape index (κ2) is 9.27. The molecular formula is C18H18BrN3O2S2. The Kier molecular flexibility index (Phi) is 6.79. The van der Waals surface area contributed by atoms with Gasteiger partial charge in [0.2, 0.25) is 4.80 Å². The number of thiophene rings is 1. The Hall–Kier alpha value is -1.74. The number of nitrogens with zero attached hydrogens (tertiary/aromatic N) is 3. The Morgan fingerprint density at radius 3 is 2.85 bits per heavy atom. The molecule has 2 heterocycles. The van der Waals surface area contributed by atoms with Crippen molar-refractivity contribution in [1.29, 1.82) is 0 Å². The predicted molar refractivity (Wildman–Crippen MR) is 112 cm³/mol. The third kappa shape index (κ3) is 4.50. The normalized spacial score (nSPS) is 12.2. The number of aromatic nitrogens is 1. The minimum atomic E-state index is 0.579. The van der Waals surface area contributed by atoms with Crippen LogP contribution in [0.1, 0.15) is 5.56 Å². The van der Waals surface area contributed by atoms with E-state index in [9.17, 15) is 0 Å². The Bertz CT molecular complexity index is 946. The Morgan fingerprint density at radius 2 is 2.12 bits per heavy atom. The van der Waals surface area contributed by atoms with Gasteiger partial charge in [-0.15, -0.1) is 22.7 Å². The van der Waals surface area contributed by atoms with Crippen molar-refractivity contribution in [2.24, 2.45) is 10.1 Å². The average molecular weight is 452 g/mol. The fraction of sp³-hybridized carbons (Fsp3) is 0.222. The molecule has 2 aromatic heterocycles. The molecule has 8 heteroatoms. The molecule has 0 aliphatic heterocycles. The summed E-state index contributed by atoms with van der Waals surface area (Å²) in [6.45, 7) is 1.17. The Labute approximate surface area is 168 Å². The molecule has 3 aromatic rings. The largest absolute Gasteiger partial charge is 0.496 e. The minimum absolute atomic E-state index is 0.579. The molecule has 0 aliphatic rings. The molecule has 0 aliphatic carbocycles. The summed E-state index contributed by atoms with van der Waals surface area (Å²) in [7, 11) is 3.33. The second-order valence-electron chi connectivity index (χ2n) is 5.20. The van der Waals surface area contributed by atoms with Crippen molar-refractivity contribution < 1.29 is 9.47 Å². The van der Waals surface area contributed by atoms with Gasteiger partial charge in [-0.2, -0.15) is 5.10 Å². The molecule has 26 heavy (non-hydrogen) atoms. The fourth-order valence-electron chi connectivity index (χ4n) is 2.27. The van der Waals surface area contributed by atoms with Gasteiger partial charge < -0.3 is 9.47 Å². The van der Waals surface area contributed by atoms with Crippen LogP contribution < -0.4 is 9.54 Å². The van der Waals surface area contributed by atoms with E-state index in [1.165, 1.54) is 0 Å². The van der Waals surface area contributed by atoms with E-state index in [1.54, 1.807) is 43.1 Å². The van der Waals surface area contributed by atoms with Gasteiger partial charge in [0.1, 0.15) is 5.75 Å². The molecule has 0 saturated carbocycles. The summed E-state index contributed by atoms with van der Waals surface area (Å²) in [5, 5.41) is 8.83. The lowest BCUT2D eigenvalue weighted by Crippen LogP contribution is -2.13. The number of thiazole rings is 1. The van der Waals surface area contributed by atoms with E-state index < -0.39 is 0 Å². The summed E-state index contributed by atoms with van der Waals surface area (Å²) in [6, 6.07) is 9.94. The molecule has 0 saturated heterocycles. The molecule has 0 fully saturated rings. The highest BCUT2D eigenvalue weighted by Gasteiger charge is 2.09. The van der Waals surface area contributed by atoms with Gasteiger partial charge in [0.25, 0.3) is 0 Å².